The number of nitrogens with zero attached hydrogens (tertiary/aromatic N) is 1. The van der Waals surface area contributed by atoms with Crippen molar-refractivity contribution in [1.29, 1.82) is 0 Å². The number of fused-ring (bicyclic) bond motifs is 1. The van der Waals surface area contributed by atoms with Crippen molar-refractivity contribution >= 4 is 35.0 Å². The molecule has 1 heterocycles. The fourth-order valence-electron chi connectivity index (χ4n) is 4.39. The van der Waals surface area contributed by atoms with E-state index in [2.05, 4.69) is 5.32 Å². The van der Waals surface area contributed by atoms with Gasteiger partial charge in [0.25, 0.3) is 11.8 Å². The molecular formula is C23H23ClN2O4. The van der Waals surface area contributed by atoms with Crippen molar-refractivity contribution in [1.82, 2.24) is 4.90 Å². The van der Waals surface area contributed by atoms with Gasteiger partial charge in [-0.2, -0.15) is 0 Å². The zero-order valence-electron chi connectivity index (χ0n) is 16.7. The number of hydrogen-bond acceptors (Lipinski definition) is 4. The standard InChI is InChI=1S/C23H23ClN2O4/c1-30-20-11-10-15(12-19(20)24)25-21(27)16-7-3-2-6-14(16)13-26-22(28)17-8-4-5-9-18(17)23(26)29/h4-5,8-12,14,16H,2-3,6-7,13H2,1H3,(H,25,27). The van der Waals surface area contributed by atoms with Crippen LogP contribution in [0.25, 0.3) is 0 Å². The number of imide groups is 1. The second-order valence-electron chi connectivity index (χ2n) is 7.76. The Kier molecular flexibility index (Phi) is 5.77. The zero-order valence-corrected chi connectivity index (χ0v) is 17.4. The first-order valence-corrected chi connectivity index (χ1v) is 10.5. The third kappa shape index (κ3) is 3.79. The summed E-state index contributed by atoms with van der Waals surface area (Å²) >= 11 is 6.16. The molecule has 30 heavy (non-hydrogen) atoms. The van der Waals surface area contributed by atoms with E-state index in [1.165, 1.54) is 12.0 Å². The van der Waals surface area contributed by atoms with Crippen LogP contribution in [0.4, 0.5) is 5.69 Å². The van der Waals surface area contributed by atoms with E-state index in [-0.39, 0.29) is 36.1 Å². The van der Waals surface area contributed by atoms with E-state index in [1.807, 2.05) is 0 Å². The molecule has 0 saturated heterocycles. The Morgan fingerprint density at radius 3 is 2.40 bits per heavy atom. The van der Waals surface area contributed by atoms with Crippen LogP contribution in [0.3, 0.4) is 0 Å². The molecule has 4 rings (SSSR count). The lowest BCUT2D eigenvalue weighted by molar-refractivity contribution is -0.122. The Bertz CT molecular complexity index is 971. The summed E-state index contributed by atoms with van der Waals surface area (Å²) in [6.07, 6.45) is 3.45. The maximum absolute atomic E-state index is 13.0. The molecule has 3 amide bonds. The van der Waals surface area contributed by atoms with Crippen LogP contribution in [0, 0.1) is 11.8 Å². The number of benzene rings is 2. The summed E-state index contributed by atoms with van der Waals surface area (Å²) in [6.45, 7) is 0.258. The smallest absolute Gasteiger partial charge is 0.261 e. The van der Waals surface area contributed by atoms with Gasteiger partial charge in [0.1, 0.15) is 5.75 Å². The average Bonchev–Trinajstić information content (AvgIpc) is 2.99. The van der Waals surface area contributed by atoms with Gasteiger partial charge in [-0.25, -0.2) is 0 Å². The van der Waals surface area contributed by atoms with E-state index in [4.69, 9.17) is 16.3 Å². The first kappa shape index (κ1) is 20.4. The van der Waals surface area contributed by atoms with Gasteiger partial charge in [-0.15, -0.1) is 0 Å². The summed E-state index contributed by atoms with van der Waals surface area (Å²) in [5.74, 6) is -0.475. The molecule has 0 radical (unpaired) electrons. The highest BCUT2D eigenvalue weighted by Gasteiger charge is 2.40. The second kappa shape index (κ2) is 8.48. The number of carbonyl (C=O) groups is 3. The fourth-order valence-corrected chi connectivity index (χ4v) is 4.65. The van der Waals surface area contributed by atoms with Gasteiger partial charge in [-0.3, -0.25) is 19.3 Å². The van der Waals surface area contributed by atoms with Gasteiger partial charge in [0.2, 0.25) is 5.91 Å². The van der Waals surface area contributed by atoms with Crippen molar-refractivity contribution in [3.05, 3.63) is 58.6 Å². The van der Waals surface area contributed by atoms with Gasteiger partial charge < -0.3 is 10.1 Å². The van der Waals surface area contributed by atoms with Gasteiger partial charge in [0.15, 0.2) is 0 Å². The second-order valence-corrected chi connectivity index (χ2v) is 8.16. The lowest BCUT2D eigenvalue weighted by Gasteiger charge is -2.32. The van der Waals surface area contributed by atoms with Crippen LogP contribution in [-0.4, -0.2) is 36.3 Å². The molecule has 2 aromatic rings. The number of hydrogen-bond donors (Lipinski definition) is 1. The SMILES string of the molecule is COc1ccc(NC(=O)C2CCCCC2CN2C(=O)c3ccccc3C2=O)cc1Cl. The minimum Gasteiger partial charge on any atom is -0.495 e. The summed E-state index contributed by atoms with van der Waals surface area (Å²) < 4.78 is 5.15. The highest BCUT2D eigenvalue weighted by atomic mass is 35.5. The molecule has 2 atom stereocenters. The van der Waals surface area contributed by atoms with Crippen LogP contribution in [-0.2, 0) is 4.79 Å². The van der Waals surface area contributed by atoms with E-state index in [9.17, 15) is 14.4 Å². The predicted octanol–water partition coefficient (Wildman–Crippen LogP) is 4.39. The van der Waals surface area contributed by atoms with Crippen LogP contribution in [0.1, 0.15) is 46.4 Å². The largest absolute Gasteiger partial charge is 0.495 e. The molecule has 0 spiro atoms. The number of carbonyl (C=O) groups excluding carboxylic acids is 3. The van der Waals surface area contributed by atoms with Crippen molar-refractivity contribution in [2.24, 2.45) is 11.8 Å². The van der Waals surface area contributed by atoms with E-state index >= 15 is 0 Å². The summed E-state index contributed by atoms with van der Waals surface area (Å²) in [7, 11) is 1.53. The van der Waals surface area contributed by atoms with E-state index in [1.54, 1.807) is 42.5 Å². The molecule has 1 N–H and O–H groups in total. The predicted molar refractivity (Wildman–Crippen MR) is 114 cm³/mol. The van der Waals surface area contributed by atoms with Crippen molar-refractivity contribution in [3.63, 3.8) is 0 Å². The monoisotopic (exact) mass is 426 g/mol. The van der Waals surface area contributed by atoms with Crippen molar-refractivity contribution < 1.29 is 19.1 Å². The van der Waals surface area contributed by atoms with Crippen molar-refractivity contribution in [2.75, 3.05) is 19.0 Å². The molecular weight excluding hydrogens is 404 g/mol. The van der Waals surface area contributed by atoms with Crippen LogP contribution >= 0.6 is 11.6 Å². The number of halogens is 1. The van der Waals surface area contributed by atoms with Crippen LogP contribution in [0.5, 0.6) is 5.75 Å². The Labute approximate surface area is 180 Å². The van der Waals surface area contributed by atoms with E-state index < -0.39 is 0 Å². The molecule has 7 heteroatoms. The van der Waals surface area contributed by atoms with E-state index in [0.717, 1.165) is 25.7 Å². The normalized spacial score (nSPS) is 20.8. The van der Waals surface area contributed by atoms with Crippen LogP contribution in [0.15, 0.2) is 42.5 Å². The topological polar surface area (TPSA) is 75.7 Å². The number of amides is 3. The average molecular weight is 427 g/mol. The highest BCUT2D eigenvalue weighted by molar-refractivity contribution is 6.32. The highest BCUT2D eigenvalue weighted by Crippen LogP contribution is 2.34. The minimum atomic E-state index is -0.276. The molecule has 1 fully saturated rings. The number of anilines is 1. The van der Waals surface area contributed by atoms with Gasteiger partial charge in [-0.1, -0.05) is 36.6 Å². The Morgan fingerprint density at radius 1 is 1.10 bits per heavy atom. The summed E-state index contributed by atoms with van der Waals surface area (Å²) in [4.78, 5) is 39.8. The Balaban J connectivity index is 1.48. The first-order valence-electron chi connectivity index (χ1n) is 10.1. The van der Waals surface area contributed by atoms with Gasteiger partial charge >= 0.3 is 0 Å². The first-order chi connectivity index (χ1) is 14.5. The third-order valence-electron chi connectivity index (χ3n) is 5.96. The molecule has 2 unspecified atom stereocenters. The summed E-state index contributed by atoms with van der Waals surface area (Å²) in [6, 6.07) is 12.0. The number of rotatable bonds is 5. The molecule has 6 nitrogen and oxygen atoms in total. The molecule has 1 saturated carbocycles. The van der Waals surface area contributed by atoms with Gasteiger partial charge in [0.05, 0.1) is 23.3 Å². The summed E-state index contributed by atoms with van der Waals surface area (Å²) in [5, 5.41) is 3.35. The van der Waals surface area contributed by atoms with Crippen molar-refractivity contribution in [3.8, 4) is 5.75 Å². The molecule has 1 aliphatic carbocycles. The summed E-state index contributed by atoms with van der Waals surface area (Å²) in [5.41, 5.74) is 1.47. The Morgan fingerprint density at radius 2 is 1.77 bits per heavy atom. The van der Waals surface area contributed by atoms with E-state index in [0.29, 0.717) is 27.6 Å². The third-order valence-corrected chi connectivity index (χ3v) is 6.26. The minimum absolute atomic E-state index is 0.0744. The maximum Gasteiger partial charge on any atom is 0.261 e. The lowest BCUT2D eigenvalue weighted by atomic mass is 9.78. The molecule has 0 aromatic heterocycles. The fraction of sp³-hybridized carbons (Fsp3) is 0.348. The molecule has 156 valence electrons. The molecule has 2 aromatic carbocycles. The lowest BCUT2D eigenvalue weighted by Crippen LogP contribution is -2.41. The number of nitrogens with one attached hydrogen (secondary N) is 1. The maximum atomic E-state index is 13.0. The van der Waals surface area contributed by atoms with Crippen LogP contribution < -0.4 is 10.1 Å². The van der Waals surface area contributed by atoms with Crippen LogP contribution in [0.2, 0.25) is 5.02 Å². The van der Waals surface area contributed by atoms with Crippen molar-refractivity contribution in [2.45, 2.75) is 25.7 Å². The van der Waals surface area contributed by atoms with Gasteiger partial charge in [0, 0.05) is 18.2 Å². The molecule has 0 bridgehead atoms. The number of methoxy groups -OCH3 is 1. The molecule has 2 aliphatic rings. The quantitative estimate of drug-likeness (QED) is 0.719. The zero-order chi connectivity index (χ0) is 21.3. The van der Waals surface area contributed by atoms with Gasteiger partial charge in [-0.05, 0) is 49.1 Å². The Hall–Kier alpha value is -2.86. The molecule has 1 aliphatic heterocycles. The number of ether oxygens (including phenoxy) is 1.